The number of aromatic nitrogens is 2. The smallest absolute Gasteiger partial charge is 0.102 e. The molecule has 0 aliphatic heterocycles. The number of halogens is 1. The van der Waals surface area contributed by atoms with Gasteiger partial charge in [-0.1, -0.05) is 11.6 Å². The van der Waals surface area contributed by atoms with Crippen molar-refractivity contribution in [1.29, 1.82) is 5.26 Å². The van der Waals surface area contributed by atoms with Crippen LogP contribution in [-0.4, -0.2) is 34.9 Å². The topological polar surface area (TPSA) is 57.2 Å². The first kappa shape index (κ1) is 16.0. The second kappa shape index (κ2) is 6.34. The Morgan fingerprint density at radius 3 is 2.79 bits per heavy atom. The van der Waals surface area contributed by atoms with Gasteiger partial charge in [-0.15, -0.1) is 0 Å². The summed E-state index contributed by atoms with van der Waals surface area (Å²) in [6.07, 6.45) is 5.15. The minimum atomic E-state index is 0.611. The molecule has 0 saturated carbocycles. The third kappa shape index (κ3) is 2.84. The zero-order valence-corrected chi connectivity index (χ0v) is 14.4. The van der Waals surface area contributed by atoms with Gasteiger partial charge in [-0.05, 0) is 24.3 Å². The summed E-state index contributed by atoms with van der Waals surface area (Å²) in [6, 6.07) is 9.77. The van der Waals surface area contributed by atoms with Crippen molar-refractivity contribution in [3.63, 3.8) is 0 Å². The molecule has 0 spiro atoms. The van der Waals surface area contributed by atoms with E-state index in [9.17, 15) is 5.26 Å². The Hall–Kier alpha value is -2.84. The van der Waals surface area contributed by atoms with Gasteiger partial charge in [-0.2, -0.15) is 5.26 Å². The van der Waals surface area contributed by atoms with Gasteiger partial charge in [-0.3, -0.25) is 4.98 Å². The summed E-state index contributed by atoms with van der Waals surface area (Å²) in [5, 5.41) is 11.2. The molecule has 1 aromatic carbocycles. The number of aryl methyl sites for hydroxylation is 1. The Morgan fingerprint density at radius 2 is 2.08 bits per heavy atom. The molecule has 0 atom stereocenters. The number of fused-ring (bicyclic) bond motifs is 1. The molecule has 5 nitrogen and oxygen atoms in total. The highest BCUT2D eigenvalue weighted by Crippen LogP contribution is 2.34. The van der Waals surface area contributed by atoms with E-state index in [1.54, 1.807) is 24.8 Å². The van der Waals surface area contributed by atoms with Crippen LogP contribution in [-0.2, 0) is 7.05 Å². The number of hydrogen-bond donors (Lipinski definition) is 0. The Morgan fingerprint density at radius 1 is 1.29 bits per heavy atom. The molecule has 0 bridgehead atoms. The van der Waals surface area contributed by atoms with Crippen LogP contribution in [0.4, 0.5) is 5.69 Å². The number of aliphatic imine (C=N–C) groups is 1. The lowest BCUT2D eigenvalue weighted by Crippen LogP contribution is -2.06. The summed E-state index contributed by atoms with van der Waals surface area (Å²) in [5.41, 5.74) is 3.91. The summed E-state index contributed by atoms with van der Waals surface area (Å²) in [4.78, 5) is 10.5. The zero-order valence-electron chi connectivity index (χ0n) is 13.7. The number of nitriles is 1. The fraction of sp³-hybridized carbons (Fsp3) is 0.167. The molecule has 2 aromatic heterocycles. The monoisotopic (exact) mass is 337 g/mol. The Bertz CT molecular complexity index is 979. The van der Waals surface area contributed by atoms with Gasteiger partial charge in [0.05, 0.1) is 35.0 Å². The van der Waals surface area contributed by atoms with Crippen molar-refractivity contribution in [3.8, 4) is 17.3 Å². The van der Waals surface area contributed by atoms with Gasteiger partial charge in [0, 0.05) is 43.3 Å². The molecule has 2 heterocycles. The first-order valence-electron chi connectivity index (χ1n) is 7.35. The minimum Gasteiger partial charge on any atom is -0.369 e. The summed E-state index contributed by atoms with van der Waals surface area (Å²) < 4.78 is 1.97. The Balaban J connectivity index is 2.21. The van der Waals surface area contributed by atoms with E-state index in [-0.39, 0.29) is 0 Å². The lowest BCUT2D eigenvalue weighted by Gasteiger charge is -2.06. The molecule has 0 unspecified atom stereocenters. The maximum atomic E-state index is 9.65. The number of nitrogens with zero attached hydrogens (tertiary/aromatic N) is 5. The molecule has 6 heteroatoms. The maximum Gasteiger partial charge on any atom is 0.102 e. The summed E-state index contributed by atoms with van der Waals surface area (Å²) >= 11 is 6.11. The van der Waals surface area contributed by atoms with Gasteiger partial charge in [0.15, 0.2) is 0 Å². The molecule has 120 valence electrons. The van der Waals surface area contributed by atoms with Crippen LogP contribution in [0.2, 0.25) is 5.02 Å². The standard InChI is InChI=1S/C18H16ClN5/c1-23(2)11-22-14-6-12(9-21-10-14)18-16(8-20)15-5-4-13(19)7-17(15)24(18)3/h4-7,9-11H,1-3H3/b22-11+. The van der Waals surface area contributed by atoms with Gasteiger partial charge < -0.3 is 9.47 Å². The predicted octanol–water partition coefficient (Wildman–Crippen LogP) is 3.99. The normalized spacial score (nSPS) is 11.1. The van der Waals surface area contributed by atoms with Crippen LogP contribution in [0.5, 0.6) is 0 Å². The van der Waals surface area contributed by atoms with Crippen molar-refractivity contribution in [2.75, 3.05) is 14.1 Å². The SMILES string of the molecule is CN(C)/C=N/c1cncc(-c2c(C#N)c3ccc(Cl)cc3n2C)c1. The molecule has 0 N–H and O–H groups in total. The van der Waals surface area contributed by atoms with E-state index in [1.807, 2.05) is 48.8 Å². The molecule has 0 saturated heterocycles. The molecule has 0 radical (unpaired) electrons. The molecule has 0 aliphatic rings. The van der Waals surface area contributed by atoms with Crippen molar-refractivity contribution >= 4 is 34.5 Å². The van der Waals surface area contributed by atoms with Gasteiger partial charge in [0.1, 0.15) is 6.07 Å². The summed E-state index contributed by atoms with van der Waals surface area (Å²) in [7, 11) is 5.73. The number of hydrogen-bond acceptors (Lipinski definition) is 3. The van der Waals surface area contributed by atoms with E-state index in [4.69, 9.17) is 11.6 Å². The second-order valence-corrected chi connectivity index (χ2v) is 6.13. The van der Waals surface area contributed by atoms with Gasteiger partial charge in [0.2, 0.25) is 0 Å². The van der Waals surface area contributed by atoms with E-state index in [2.05, 4.69) is 16.0 Å². The largest absolute Gasteiger partial charge is 0.369 e. The highest BCUT2D eigenvalue weighted by molar-refractivity contribution is 6.31. The minimum absolute atomic E-state index is 0.611. The van der Waals surface area contributed by atoms with Gasteiger partial charge in [0.25, 0.3) is 0 Å². The van der Waals surface area contributed by atoms with E-state index in [0.29, 0.717) is 10.6 Å². The fourth-order valence-electron chi connectivity index (χ4n) is 2.67. The highest BCUT2D eigenvalue weighted by Gasteiger charge is 2.17. The Kier molecular flexibility index (Phi) is 4.24. The molecule has 0 fully saturated rings. The summed E-state index contributed by atoms with van der Waals surface area (Å²) in [5.74, 6) is 0. The van der Waals surface area contributed by atoms with E-state index < -0.39 is 0 Å². The average molecular weight is 338 g/mol. The predicted molar refractivity (Wildman–Crippen MR) is 97.7 cm³/mol. The van der Waals surface area contributed by atoms with Crippen molar-refractivity contribution in [2.24, 2.45) is 12.0 Å². The maximum absolute atomic E-state index is 9.65. The third-order valence-corrected chi connectivity index (χ3v) is 3.94. The van der Waals surface area contributed by atoms with E-state index in [1.165, 1.54) is 0 Å². The number of pyridine rings is 1. The van der Waals surface area contributed by atoms with Crippen LogP contribution in [0.25, 0.3) is 22.2 Å². The molecule has 0 amide bonds. The van der Waals surface area contributed by atoms with Crippen LogP contribution in [0.1, 0.15) is 5.56 Å². The molecule has 3 aromatic rings. The molecular formula is C18H16ClN5. The van der Waals surface area contributed by atoms with E-state index >= 15 is 0 Å². The molecule has 24 heavy (non-hydrogen) atoms. The van der Waals surface area contributed by atoms with Crippen LogP contribution >= 0.6 is 11.6 Å². The highest BCUT2D eigenvalue weighted by atomic mass is 35.5. The summed E-state index contributed by atoms with van der Waals surface area (Å²) in [6.45, 7) is 0. The quantitative estimate of drug-likeness (QED) is 0.536. The molecule has 0 aliphatic carbocycles. The van der Waals surface area contributed by atoms with Crippen LogP contribution in [0.15, 0.2) is 41.7 Å². The lowest BCUT2D eigenvalue weighted by molar-refractivity contribution is 0.643. The van der Waals surface area contributed by atoms with Crippen LogP contribution in [0, 0.1) is 11.3 Å². The van der Waals surface area contributed by atoms with Gasteiger partial charge in [-0.25, -0.2) is 4.99 Å². The Labute approximate surface area is 145 Å². The van der Waals surface area contributed by atoms with Crippen LogP contribution in [0.3, 0.4) is 0 Å². The van der Waals surface area contributed by atoms with Crippen molar-refractivity contribution in [2.45, 2.75) is 0 Å². The van der Waals surface area contributed by atoms with Crippen molar-refractivity contribution < 1.29 is 0 Å². The number of benzene rings is 1. The van der Waals surface area contributed by atoms with Crippen LogP contribution < -0.4 is 0 Å². The first-order chi connectivity index (χ1) is 11.5. The van der Waals surface area contributed by atoms with E-state index in [0.717, 1.165) is 27.8 Å². The molecule has 3 rings (SSSR count). The first-order valence-corrected chi connectivity index (χ1v) is 7.73. The fourth-order valence-corrected chi connectivity index (χ4v) is 2.84. The number of rotatable bonds is 3. The molecular weight excluding hydrogens is 322 g/mol. The zero-order chi connectivity index (χ0) is 17.3. The van der Waals surface area contributed by atoms with Gasteiger partial charge >= 0.3 is 0 Å². The van der Waals surface area contributed by atoms with Crippen molar-refractivity contribution in [3.05, 3.63) is 47.2 Å². The third-order valence-electron chi connectivity index (χ3n) is 3.71. The van der Waals surface area contributed by atoms with Crippen molar-refractivity contribution in [1.82, 2.24) is 14.5 Å². The lowest BCUT2D eigenvalue weighted by atomic mass is 10.1. The average Bonchev–Trinajstić information content (AvgIpc) is 2.85. The second-order valence-electron chi connectivity index (χ2n) is 5.70.